The van der Waals surface area contributed by atoms with Gasteiger partial charge in [-0.2, -0.15) is 0 Å². The van der Waals surface area contributed by atoms with Gasteiger partial charge in [-0.1, -0.05) is 18.0 Å². The fourth-order valence-corrected chi connectivity index (χ4v) is 5.91. The topological polar surface area (TPSA) is 65.5 Å². The van der Waals surface area contributed by atoms with Gasteiger partial charge in [0.25, 0.3) is 5.91 Å². The molecule has 3 heterocycles. The number of hydrogen-bond donors (Lipinski definition) is 1. The summed E-state index contributed by atoms with van der Waals surface area (Å²) in [7, 11) is 0. The number of nitrogens with one attached hydrogen (secondary N) is 1. The number of carbonyl (C=O) groups excluding carboxylic acids is 2. The summed E-state index contributed by atoms with van der Waals surface area (Å²) < 4.78 is 13.9. The van der Waals surface area contributed by atoms with Crippen LogP contribution in [0, 0.1) is 25.6 Å². The molecule has 5 rings (SSSR count). The Morgan fingerprint density at radius 1 is 1.11 bits per heavy atom. The Balaban J connectivity index is 1.27. The number of anilines is 1. The summed E-state index contributed by atoms with van der Waals surface area (Å²) in [6.07, 6.45) is 7.87. The summed E-state index contributed by atoms with van der Waals surface area (Å²) in [6.45, 7) is 5.93. The minimum Gasteiger partial charge on any atom is -0.334 e. The van der Waals surface area contributed by atoms with Crippen molar-refractivity contribution in [2.75, 3.05) is 18.4 Å². The maximum atomic E-state index is 13.9. The van der Waals surface area contributed by atoms with Crippen molar-refractivity contribution in [3.05, 3.63) is 57.6 Å². The Morgan fingerprint density at radius 2 is 1.83 bits per heavy atom. The molecular weight excluding hydrogens is 467 g/mol. The number of nitrogens with zero attached hydrogens (tertiary/aromatic N) is 3. The second-order valence-corrected chi connectivity index (χ2v) is 10.8. The molecule has 1 saturated carbocycles. The number of amides is 2. The minimum atomic E-state index is -0.513. The quantitative estimate of drug-likeness (QED) is 0.601. The van der Waals surface area contributed by atoms with Crippen LogP contribution in [0.15, 0.2) is 24.4 Å². The number of carbonyl (C=O) groups is 2. The van der Waals surface area contributed by atoms with Gasteiger partial charge < -0.3 is 10.2 Å². The predicted octanol–water partition coefficient (Wildman–Crippen LogP) is 5.11. The van der Waals surface area contributed by atoms with Crippen molar-refractivity contribution in [1.82, 2.24) is 14.8 Å². The van der Waals surface area contributed by atoms with Crippen molar-refractivity contribution < 1.29 is 14.0 Å². The molecule has 2 aliphatic heterocycles. The van der Waals surface area contributed by atoms with Gasteiger partial charge in [0.2, 0.25) is 5.91 Å². The van der Waals surface area contributed by atoms with Gasteiger partial charge >= 0.3 is 0 Å². The van der Waals surface area contributed by atoms with E-state index in [1.165, 1.54) is 31.5 Å². The molecule has 35 heavy (non-hydrogen) atoms. The maximum absolute atomic E-state index is 13.9. The number of pyridine rings is 1. The van der Waals surface area contributed by atoms with E-state index in [0.717, 1.165) is 37.1 Å². The van der Waals surface area contributed by atoms with Gasteiger partial charge in [-0.3, -0.25) is 19.5 Å². The second-order valence-electron chi connectivity index (χ2n) is 10.4. The zero-order chi connectivity index (χ0) is 24.7. The molecule has 2 amide bonds. The van der Waals surface area contributed by atoms with E-state index in [1.807, 2.05) is 13.0 Å². The van der Waals surface area contributed by atoms with E-state index in [4.69, 9.17) is 11.6 Å². The van der Waals surface area contributed by atoms with Crippen molar-refractivity contribution in [3.8, 4) is 0 Å². The van der Waals surface area contributed by atoms with Crippen molar-refractivity contribution in [2.45, 2.75) is 71.0 Å². The fraction of sp³-hybridized carbons (Fsp3) is 0.519. The van der Waals surface area contributed by atoms with Crippen LogP contribution in [0.4, 0.5) is 10.1 Å². The molecule has 0 spiro atoms. The zero-order valence-corrected chi connectivity index (χ0v) is 21.1. The molecule has 0 radical (unpaired) electrons. The molecule has 2 atom stereocenters. The first-order valence-electron chi connectivity index (χ1n) is 12.5. The lowest BCUT2D eigenvalue weighted by atomic mass is 9.82. The summed E-state index contributed by atoms with van der Waals surface area (Å²) in [5.41, 5.74) is 2.99. The van der Waals surface area contributed by atoms with E-state index in [2.05, 4.69) is 20.1 Å². The van der Waals surface area contributed by atoms with Crippen molar-refractivity contribution >= 4 is 29.1 Å². The van der Waals surface area contributed by atoms with Crippen LogP contribution in [0.2, 0.25) is 5.02 Å². The largest absolute Gasteiger partial charge is 0.334 e. The van der Waals surface area contributed by atoms with Crippen LogP contribution in [0.1, 0.15) is 65.7 Å². The molecule has 186 valence electrons. The van der Waals surface area contributed by atoms with Gasteiger partial charge in [-0.15, -0.1) is 0 Å². The van der Waals surface area contributed by atoms with E-state index < -0.39 is 11.7 Å². The van der Waals surface area contributed by atoms with Gasteiger partial charge in [0.1, 0.15) is 5.82 Å². The highest BCUT2D eigenvalue weighted by Gasteiger charge is 2.43. The van der Waals surface area contributed by atoms with Crippen LogP contribution in [0.25, 0.3) is 0 Å². The van der Waals surface area contributed by atoms with Crippen LogP contribution < -0.4 is 5.32 Å². The Hall–Kier alpha value is -2.51. The number of rotatable bonds is 6. The van der Waals surface area contributed by atoms with Crippen LogP contribution in [-0.2, 0) is 11.3 Å². The molecule has 1 N–H and O–H groups in total. The first kappa shape index (κ1) is 24.2. The number of halogens is 2. The second kappa shape index (κ2) is 9.86. The first-order valence-corrected chi connectivity index (χ1v) is 12.9. The normalized spacial score (nSPS) is 22.2. The molecule has 6 nitrogen and oxygen atoms in total. The smallest absolute Gasteiger partial charge is 0.257 e. The average Bonchev–Trinajstić information content (AvgIpc) is 3.06. The lowest BCUT2D eigenvalue weighted by Gasteiger charge is -2.42. The van der Waals surface area contributed by atoms with Gasteiger partial charge in [0, 0.05) is 55.0 Å². The SMILES string of the molecule is Cc1ncc(C(=O)Nc2cc(Cl)cc(CN3CC4CCC(C3)N4C(=O)CC3CCC3)c2C)cc1F. The number of aryl methyl sites for hydroxylation is 1. The van der Waals surface area contributed by atoms with E-state index in [9.17, 15) is 14.0 Å². The molecule has 1 aliphatic carbocycles. The van der Waals surface area contributed by atoms with Crippen LogP contribution in [0.5, 0.6) is 0 Å². The molecule has 2 bridgehead atoms. The maximum Gasteiger partial charge on any atom is 0.257 e. The number of hydrogen-bond acceptors (Lipinski definition) is 4. The number of benzene rings is 1. The number of aromatic nitrogens is 1. The minimum absolute atomic E-state index is 0.160. The van der Waals surface area contributed by atoms with Crippen molar-refractivity contribution in [1.29, 1.82) is 0 Å². The molecule has 2 aromatic rings. The lowest BCUT2D eigenvalue weighted by Crippen LogP contribution is -2.55. The summed E-state index contributed by atoms with van der Waals surface area (Å²) in [6, 6.07) is 5.42. The molecule has 1 aromatic heterocycles. The van der Waals surface area contributed by atoms with Crippen molar-refractivity contribution in [2.24, 2.45) is 5.92 Å². The first-order chi connectivity index (χ1) is 16.8. The monoisotopic (exact) mass is 498 g/mol. The van der Waals surface area contributed by atoms with E-state index >= 15 is 0 Å². The Kier molecular flexibility index (Phi) is 6.82. The van der Waals surface area contributed by atoms with Gasteiger partial charge in [0.15, 0.2) is 0 Å². The molecular formula is C27H32ClFN4O2. The van der Waals surface area contributed by atoms with E-state index in [1.54, 1.807) is 13.0 Å². The third kappa shape index (κ3) is 5.07. The van der Waals surface area contributed by atoms with Gasteiger partial charge in [0.05, 0.1) is 11.3 Å². The van der Waals surface area contributed by atoms with E-state index in [-0.39, 0.29) is 23.3 Å². The standard InChI is InChI=1S/C27H32ClFN4O2/c1-16-20(9-21(28)11-25(16)31-27(35)19-10-24(29)17(2)30-12-19)13-32-14-22-6-7-23(15-32)33(22)26(34)8-18-4-3-5-18/h9-12,18,22-23H,3-8,13-15H2,1-2H3,(H,31,35). The molecule has 8 heteroatoms. The highest BCUT2D eigenvalue weighted by atomic mass is 35.5. The molecule has 3 fully saturated rings. The lowest BCUT2D eigenvalue weighted by molar-refractivity contribution is -0.138. The number of piperazine rings is 1. The molecule has 2 unspecified atom stereocenters. The summed E-state index contributed by atoms with van der Waals surface area (Å²) >= 11 is 6.42. The summed E-state index contributed by atoms with van der Waals surface area (Å²) in [5, 5.41) is 3.40. The Morgan fingerprint density at radius 3 is 2.46 bits per heavy atom. The van der Waals surface area contributed by atoms with Crippen LogP contribution in [0.3, 0.4) is 0 Å². The van der Waals surface area contributed by atoms with Crippen LogP contribution >= 0.6 is 11.6 Å². The molecule has 3 aliphatic rings. The van der Waals surface area contributed by atoms with Gasteiger partial charge in [-0.25, -0.2) is 4.39 Å². The highest BCUT2D eigenvalue weighted by Crippen LogP contribution is 2.36. The summed E-state index contributed by atoms with van der Waals surface area (Å²) in [5.74, 6) is -0.00637. The Labute approximate surface area is 210 Å². The zero-order valence-electron chi connectivity index (χ0n) is 20.3. The Bertz CT molecular complexity index is 1140. The fourth-order valence-electron chi connectivity index (χ4n) is 5.67. The number of fused-ring (bicyclic) bond motifs is 2. The van der Waals surface area contributed by atoms with Gasteiger partial charge in [-0.05, 0) is 74.8 Å². The third-order valence-electron chi connectivity index (χ3n) is 7.94. The third-order valence-corrected chi connectivity index (χ3v) is 8.16. The van der Waals surface area contributed by atoms with E-state index in [0.29, 0.717) is 35.5 Å². The highest BCUT2D eigenvalue weighted by molar-refractivity contribution is 6.31. The van der Waals surface area contributed by atoms with Crippen LogP contribution in [-0.4, -0.2) is 51.8 Å². The summed E-state index contributed by atoms with van der Waals surface area (Å²) in [4.78, 5) is 34.2. The van der Waals surface area contributed by atoms with Crippen molar-refractivity contribution in [3.63, 3.8) is 0 Å². The average molecular weight is 499 g/mol. The predicted molar refractivity (Wildman–Crippen MR) is 134 cm³/mol. The molecule has 1 aromatic carbocycles. The molecule has 2 saturated heterocycles. The number of likely N-dealkylation sites (tertiary alicyclic amines) is 1.